The number of nitrogens with one attached hydrogen (secondary N) is 2. The molecule has 0 spiro atoms. The SMILES string of the molecule is CC(=O)NC1CCN(C(=O)c2ccc(NS(=O)(=O)c3cccc([N+](=O)[O-])c3)cc2)CC1. The maximum atomic E-state index is 12.7. The van der Waals surface area contributed by atoms with E-state index >= 15 is 0 Å². The standard InChI is InChI=1S/C20H22N4O6S/c1-14(25)21-16-9-11-23(12-10-16)20(26)15-5-7-17(8-6-15)22-31(29,30)19-4-2-3-18(13-19)24(27)28/h2-8,13,16,22H,9-12H2,1H3,(H,21,25). The molecule has 0 atom stereocenters. The van der Waals surface area contributed by atoms with Crippen molar-refractivity contribution in [1.29, 1.82) is 0 Å². The average Bonchev–Trinajstić information content (AvgIpc) is 2.74. The molecule has 0 unspecified atom stereocenters. The summed E-state index contributed by atoms with van der Waals surface area (Å²) in [6, 6.07) is 10.8. The fourth-order valence-corrected chi connectivity index (χ4v) is 4.45. The van der Waals surface area contributed by atoms with Gasteiger partial charge < -0.3 is 10.2 Å². The van der Waals surface area contributed by atoms with E-state index in [0.29, 0.717) is 31.5 Å². The van der Waals surface area contributed by atoms with Gasteiger partial charge in [-0.25, -0.2) is 8.42 Å². The Morgan fingerprint density at radius 1 is 1.10 bits per heavy atom. The Morgan fingerprint density at radius 3 is 2.32 bits per heavy atom. The molecule has 2 amide bonds. The normalized spacial score (nSPS) is 14.7. The number of amides is 2. The smallest absolute Gasteiger partial charge is 0.270 e. The zero-order valence-electron chi connectivity index (χ0n) is 16.8. The molecule has 1 heterocycles. The van der Waals surface area contributed by atoms with E-state index in [4.69, 9.17) is 0 Å². The van der Waals surface area contributed by atoms with E-state index < -0.39 is 14.9 Å². The number of nitro benzene ring substituents is 1. The maximum Gasteiger partial charge on any atom is 0.270 e. The molecular formula is C20H22N4O6S. The molecular weight excluding hydrogens is 424 g/mol. The van der Waals surface area contributed by atoms with Crippen molar-refractivity contribution in [1.82, 2.24) is 10.2 Å². The van der Waals surface area contributed by atoms with E-state index in [0.717, 1.165) is 6.07 Å². The van der Waals surface area contributed by atoms with Crippen LogP contribution < -0.4 is 10.0 Å². The molecule has 0 radical (unpaired) electrons. The van der Waals surface area contributed by atoms with Crippen LogP contribution in [0.2, 0.25) is 0 Å². The first-order valence-corrected chi connectivity index (χ1v) is 11.1. The van der Waals surface area contributed by atoms with Gasteiger partial charge in [0.1, 0.15) is 0 Å². The predicted octanol–water partition coefficient (Wildman–Crippen LogP) is 2.14. The summed E-state index contributed by atoms with van der Waals surface area (Å²) < 4.78 is 27.4. The highest BCUT2D eigenvalue weighted by molar-refractivity contribution is 7.92. The van der Waals surface area contributed by atoms with Crippen LogP contribution in [0.15, 0.2) is 53.4 Å². The minimum Gasteiger partial charge on any atom is -0.353 e. The Hall–Kier alpha value is -3.47. The zero-order valence-corrected chi connectivity index (χ0v) is 17.6. The second-order valence-corrected chi connectivity index (χ2v) is 8.89. The summed E-state index contributed by atoms with van der Waals surface area (Å²) in [7, 11) is -4.02. The predicted molar refractivity (Wildman–Crippen MR) is 113 cm³/mol. The topological polar surface area (TPSA) is 139 Å². The van der Waals surface area contributed by atoms with Crippen LogP contribution in [0.25, 0.3) is 0 Å². The largest absolute Gasteiger partial charge is 0.353 e. The molecule has 10 nitrogen and oxygen atoms in total. The third-order valence-corrected chi connectivity index (χ3v) is 6.29. The lowest BCUT2D eigenvalue weighted by atomic mass is 10.0. The van der Waals surface area contributed by atoms with Crippen molar-refractivity contribution in [2.75, 3.05) is 17.8 Å². The molecule has 164 valence electrons. The molecule has 1 fully saturated rings. The summed E-state index contributed by atoms with van der Waals surface area (Å²) in [4.78, 5) is 35.5. The van der Waals surface area contributed by atoms with Gasteiger partial charge >= 0.3 is 0 Å². The summed E-state index contributed by atoms with van der Waals surface area (Å²) >= 11 is 0. The first-order valence-electron chi connectivity index (χ1n) is 9.59. The van der Waals surface area contributed by atoms with E-state index in [1.54, 1.807) is 4.90 Å². The van der Waals surface area contributed by atoms with Gasteiger partial charge in [0.05, 0.1) is 9.82 Å². The molecule has 1 aliphatic rings. The van der Waals surface area contributed by atoms with Crippen LogP contribution in [-0.4, -0.2) is 49.2 Å². The summed E-state index contributed by atoms with van der Waals surface area (Å²) in [5.74, 6) is -0.262. The summed E-state index contributed by atoms with van der Waals surface area (Å²) in [6.45, 7) is 2.50. The Labute approximate surface area is 179 Å². The minimum atomic E-state index is -4.02. The van der Waals surface area contributed by atoms with E-state index in [9.17, 15) is 28.1 Å². The number of nitro groups is 1. The molecule has 0 aromatic heterocycles. The Kier molecular flexibility index (Phi) is 6.54. The Bertz CT molecular complexity index is 1090. The number of sulfonamides is 1. The molecule has 0 bridgehead atoms. The number of hydrogen-bond acceptors (Lipinski definition) is 6. The summed E-state index contributed by atoms with van der Waals surface area (Å²) in [6.07, 6.45) is 1.35. The number of nitrogens with zero attached hydrogens (tertiary/aromatic N) is 2. The second-order valence-electron chi connectivity index (χ2n) is 7.20. The highest BCUT2D eigenvalue weighted by Gasteiger charge is 2.24. The number of carbonyl (C=O) groups is 2. The molecule has 3 rings (SSSR count). The molecule has 0 aliphatic carbocycles. The van der Waals surface area contributed by atoms with Gasteiger partial charge in [-0.1, -0.05) is 6.07 Å². The van der Waals surface area contributed by atoms with Crippen molar-refractivity contribution in [3.8, 4) is 0 Å². The van der Waals surface area contributed by atoms with Crippen LogP contribution >= 0.6 is 0 Å². The van der Waals surface area contributed by atoms with Gasteiger partial charge in [-0.15, -0.1) is 0 Å². The Morgan fingerprint density at radius 2 is 1.74 bits per heavy atom. The third kappa shape index (κ3) is 5.57. The van der Waals surface area contributed by atoms with Gasteiger partial charge in [-0.2, -0.15) is 0 Å². The molecule has 11 heteroatoms. The second kappa shape index (κ2) is 9.13. The van der Waals surface area contributed by atoms with Crippen molar-refractivity contribution in [3.05, 3.63) is 64.2 Å². The van der Waals surface area contributed by atoms with Crippen molar-refractivity contribution in [2.24, 2.45) is 0 Å². The van der Waals surface area contributed by atoms with Gasteiger partial charge in [0, 0.05) is 49.4 Å². The van der Waals surface area contributed by atoms with Crippen molar-refractivity contribution in [2.45, 2.75) is 30.7 Å². The van der Waals surface area contributed by atoms with Crippen molar-refractivity contribution < 1.29 is 22.9 Å². The van der Waals surface area contributed by atoms with E-state index in [1.165, 1.54) is 49.4 Å². The van der Waals surface area contributed by atoms with Crippen LogP contribution in [0.5, 0.6) is 0 Å². The average molecular weight is 446 g/mol. The van der Waals surface area contributed by atoms with Crippen molar-refractivity contribution in [3.63, 3.8) is 0 Å². The molecule has 2 aromatic carbocycles. The fourth-order valence-electron chi connectivity index (χ4n) is 3.36. The number of anilines is 1. The number of likely N-dealkylation sites (tertiary alicyclic amines) is 1. The van der Waals surface area contributed by atoms with Crippen LogP contribution in [0.4, 0.5) is 11.4 Å². The number of non-ortho nitro benzene ring substituents is 1. The lowest BCUT2D eigenvalue weighted by Gasteiger charge is -2.32. The minimum absolute atomic E-state index is 0.0622. The van der Waals surface area contributed by atoms with Crippen LogP contribution in [0.3, 0.4) is 0 Å². The lowest BCUT2D eigenvalue weighted by Crippen LogP contribution is -2.46. The number of rotatable bonds is 6. The summed E-state index contributed by atoms with van der Waals surface area (Å²) in [5.41, 5.74) is 0.315. The van der Waals surface area contributed by atoms with Gasteiger partial charge in [0.15, 0.2) is 0 Å². The molecule has 31 heavy (non-hydrogen) atoms. The lowest BCUT2D eigenvalue weighted by molar-refractivity contribution is -0.385. The summed E-state index contributed by atoms with van der Waals surface area (Å²) in [5, 5.41) is 13.7. The monoisotopic (exact) mass is 446 g/mol. The third-order valence-electron chi connectivity index (χ3n) is 4.91. The first kappa shape index (κ1) is 22.2. The van der Waals surface area contributed by atoms with Gasteiger partial charge in [0.25, 0.3) is 21.6 Å². The molecule has 2 aromatic rings. The van der Waals surface area contributed by atoms with E-state index in [-0.39, 0.29) is 34.1 Å². The van der Waals surface area contributed by atoms with Gasteiger partial charge in [0.2, 0.25) is 5.91 Å². The van der Waals surface area contributed by atoms with Crippen LogP contribution in [-0.2, 0) is 14.8 Å². The van der Waals surface area contributed by atoms with Crippen LogP contribution in [0.1, 0.15) is 30.1 Å². The molecule has 1 aliphatic heterocycles. The molecule has 0 saturated carbocycles. The number of hydrogen-bond donors (Lipinski definition) is 2. The number of benzene rings is 2. The quantitative estimate of drug-likeness (QED) is 0.515. The van der Waals surface area contributed by atoms with E-state index in [1.807, 2.05) is 0 Å². The molecule has 2 N–H and O–H groups in total. The van der Waals surface area contributed by atoms with E-state index in [2.05, 4.69) is 10.0 Å². The number of piperidine rings is 1. The molecule has 1 saturated heterocycles. The van der Waals surface area contributed by atoms with Gasteiger partial charge in [-0.05, 0) is 43.2 Å². The first-order chi connectivity index (χ1) is 14.7. The van der Waals surface area contributed by atoms with Gasteiger partial charge in [-0.3, -0.25) is 24.4 Å². The number of carbonyl (C=O) groups excluding carboxylic acids is 2. The van der Waals surface area contributed by atoms with Crippen molar-refractivity contribution >= 4 is 33.2 Å². The zero-order chi connectivity index (χ0) is 22.6. The highest BCUT2D eigenvalue weighted by Crippen LogP contribution is 2.21. The maximum absolute atomic E-state index is 12.7. The Balaban J connectivity index is 1.65. The van der Waals surface area contributed by atoms with Crippen LogP contribution in [0, 0.1) is 10.1 Å². The fraction of sp³-hybridized carbons (Fsp3) is 0.300. The highest BCUT2D eigenvalue weighted by atomic mass is 32.2.